The van der Waals surface area contributed by atoms with E-state index in [4.69, 9.17) is 16.0 Å². The third-order valence-corrected chi connectivity index (χ3v) is 2.60. The van der Waals surface area contributed by atoms with Gasteiger partial charge in [-0.2, -0.15) is 0 Å². The van der Waals surface area contributed by atoms with Crippen LogP contribution in [0, 0.1) is 6.92 Å². The van der Waals surface area contributed by atoms with Gasteiger partial charge in [-0.3, -0.25) is 0 Å². The molecule has 1 atom stereocenters. The Labute approximate surface area is 92.9 Å². The van der Waals surface area contributed by atoms with Crippen LogP contribution in [0.25, 0.3) is 0 Å². The molecule has 80 valence electrons. The molecule has 0 N–H and O–H groups in total. The summed E-state index contributed by atoms with van der Waals surface area (Å²) in [6.07, 6.45) is 1.67. The zero-order valence-corrected chi connectivity index (χ0v) is 9.40. The maximum absolute atomic E-state index is 5.76. The molecule has 1 unspecified atom stereocenters. The molecule has 2 aromatic rings. The van der Waals surface area contributed by atoms with Gasteiger partial charge in [-0.25, -0.2) is 0 Å². The first kappa shape index (κ1) is 10.2. The average molecular weight is 226 g/mol. The van der Waals surface area contributed by atoms with Crippen LogP contribution in [0.15, 0.2) is 22.9 Å². The summed E-state index contributed by atoms with van der Waals surface area (Å²) in [6.45, 7) is 3.95. The quantitative estimate of drug-likeness (QED) is 0.754. The second kappa shape index (κ2) is 4.06. The van der Waals surface area contributed by atoms with Crippen LogP contribution in [0.4, 0.5) is 0 Å². The fraction of sp³-hybridized carbons (Fsp3) is 0.400. The Kier molecular flexibility index (Phi) is 2.77. The minimum Gasteiger partial charge on any atom is -0.464 e. The van der Waals surface area contributed by atoms with Crippen molar-refractivity contribution in [2.24, 2.45) is 0 Å². The molecule has 0 spiro atoms. The minimum atomic E-state index is 0.0717. The SMILES string of the molecule is Cc1ccc(C(C)n2cnnc2CCl)o1. The molecule has 0 aliphatic rings. The van der Waals surface area contributed by atoms with Gasteiger partial charge in [0.25, 0.3) is 0 Å². The van der Waals surface area contributed by atoms with Crippen molar-refractivity contribution in [1.82, 2.24) is 14.8 Å². The van der Waals surface area contributed by atoms with Crippen molar-refractivity contribution in [3.63, 3.8) is 0 Å². The summed E-state index contributed by atoms with van der Waals surface area (Å²) in [5.41, 5.74) is 0. The smallest absolute Gasteiger partial charge is 0.148 e. The van der Waals surface area contributed by atoms with Crippen LogP contribution in [0.2, 0.25) is 0 Å². The van der Waals surface area contributed by atoms with Crippen LogP contribution in [0.5, 0.6) is 0 Å². The minimum absolute atomic E-state index is 0.0717. The summed E-state index contributed by atoms with van der Waals surface area (Å²) in [5.74, 6) is 2.89. The fourth-order valence-corrected chi connectivity index (χ4v) is 1.69. The lowest BCUT2D eigenvalue weighted by Crippen LogP contribution is -2.08. The first-order valence-corrected chi connectivity index (χ1v) is 5.26. The van der Waals surface area contributed by atoms with Gasteiger partial charge < -0.3 is 8.98 Å². The third kappa shape index (κ3) is 1.90. The molecule has 15 heavy (non-hydrogen) atoms. The molecule has 0 aliphatic heterocycles. The van der Waals surface area contributed by atoms with Gasteiger partial charge in [0.1, 0.15) is 23.7 Å². The van der Waals surface area contributed by atoms with E-state index >= 15 is 0 Å². The van der Waals surface area contributed by atoms with Crippen molar-refractivity contribution in [2.75, 3.05) is 0 Å². The number of hydrogen-bond acceptors (Lipinski definition) is 3. The standard InChI is InChI=1S/C10H12ClN3O/c1-7-3-4-9(15-7)8(2)14-6-12-13-10(14)5-11/h3-4,6,8H,5H2,1-2H3. The molecule has 4 nitrogen and oxygen atoms in total. The van der Waals surface area contributed by atoms with Crippen LogP contribution in [-0.2, 0) is 5.88 Å². The number of nitrogens with zero attached hydrogens (tertiary/aromatic N) is 3. The molecule has 0 saturated carbocycles. The molecule has 0 radical (unpaired) electrons. The maximum atomic E-state index is 5.76. The topological polar surface area (TPSA) is 43.9 Å². The number of hydrogen-bond donors (Lipinski definition) is 0. The summed E-state index contributed by atoms with van der Waals surface area (Å²) in [4.78, 5) is 0. The lowest BCUT2D eigenvalue weighted by atomic mass is 10.2. The Morgan fingerprint density at radius 3 is 2.93 bits per heavy atom. The van der Waals surface area contributed by atoms with Gasteiger partial charge >= 0.3 is 0 Å². The molecule has 2 heterocycles. The van der Waals surface area contributed by atoms with E-state index in [0.29, 0.717) is 5.88 Å². The molecule has 2 aromatic heterocycles. The molecule has 0 saturated heterocycles. The predicted octanol–water partition coefficient (Wildman–Crippen LogP) is 2.53. The Hall–Kier alpha value is -1.29. The Bertz CT molecular complexity index is 449. The van der Waals surface area contributed by atoms with Crippen molar-refractivity contribution in [2.45, 2.75) is 25.8 Å². The number of alkyl halides is 1. The highest BCUT2D eigenvalue weighted by Crippen LogP contribution is 2.21. The molecule has 0 aliphatic carbocycles. The number of halogens is 1. The zero-order valence-electron chi connectivity index (χ0n) is 8.64. The number of aromatic nitrogens is 3. The van der Waals surface area contributed by atoms with Crippen LogP contribution in [-0.4, -0.2) is 14.8 Å². The van der Waals surface area contributed by atoms with E-state index in [-0.39, 0.29) is 6.04 Å². The summed E-state index contributed by atoms with van der Waals surface area (Å²) < 4.78 is 7.46. The molecular formula is C10H12ClN3O. The summed E-state index contributed by atoms with van der Waals surface area (Å²) in [5, 5.41) is 7.76. The van der Waals surface area contributed by atoms with Crippen LogP contribution < -0.4 is 0 Å². The van der Waals surface area contributed by atoms with E-state index in [1.807, 2.05) is 30.5 Å². The fourth-order valence-electron chi connectivity index (χ4n) is 1.50. The lowest BCUT2D eigenvalue weighted by Gasteiger charge is -2.11. The van der Waals surface area contributed by atoms with Crippen molar-refractivity contribution >= 4 is 11.6 Å². The molecular weight excluding hydrogens is 214 g/mol. The third-order valence-electron chi connectivity index (χ3n) is 2.36. The Morgan fingerprint density at radius 1 is 1.53 bits per heavy atom. The van der Waals surface area contributed by atoms with Gasteiger partial charge in [-0.15, -0.1) is 21.8 Å². The van der Waals surface area contributed by atoms with Crippen molar-refractivity contribution < 1.29 is 4.42 Å². The van der Waals surface area contributed by atoms with Crippen LogP contribution >= 0.6 is 11.6 Å². The van der Waals surface area contributed by atoms with E-state index in [1.165, 1.54) is 0 Å². The lowest BCUT2D eigenvalue weighted by molar-refractivity contribution is 0.424. The second-order valence-corrected chi connectivity index (χ2v) is 3.68. The molecule has 0 aromatic carbocycles. The van der Waals surface area contributed by atoms with Crippen molar-refractivity contribution in [1.29, 1.82) is 0 Å². The highest BCUT2D eigenvalue weighted by atomic mass is 35.5. The zero-order chi connectivity index (χ0) is 10.8. The number of rotatable bonds is 3. The summed E-state index contributed by atoms with van der Waals surface area (Å²) in [7, 11) is 0. The van der Waals surface area contributed by atoms with Gasteiger partial charge in [-0.1, -0.05) is 0 Å². The average Bonchev–Trinajstić information content (AvgIpc) is 2.84. The summed E-state index contributed by atoms with van der Waals surface area (Å²) >= 11 is 5.76. The van der Waals surface area contributed by atoms with Crippen LogP contribution in [0.3, 0.4) is 0 Å². The Morgan fingerprint density at radius 2 is 2.33 bits per heavy atom. The number of furan rings is 1. The summed E-state index contributed by atoms with van der Waals surface area (Å²) in [6, 6.07) is 3.97. The van der Waals surface area contributed by atoms with Gasteiger partial charge in [0.2, 0.25) is 0 Å². The highest BCUT2D eigenvalue weighted by Gasteiger charge is 2.14. The van der Waals surface area contributed by atoms with Gasteiger partial charge in [-0.05, 0) is 26.0 Å². The molecule has 0 bridgehead atoms. The second-order valence-electron chi connectivity index (χ2n) is 3.41. The van der Waals surface area contributed by atoms with Crippen molar-refractivity contribution in [3.05, 3.63) is 35.8 Å². The normalized spacial score (nSPS) is 13.0. The predicted molar refractivity (Wildman–Crippen MR) is 56.8 cm³/mol. The van der Waals surface area contributed by atoms with E-state index in [1.54, 1.807) is 6.33 Å². The number of aryl methyl sites for hydroxylation is 1. The monoisotopic (exact) mass is 225 g/mol. The highest BCUT2D eigenvalue weighted by molar-refractivity contribution is 6.16. The van der Waals surface area contributed by atoms with E-state index in [2.05, 4.69) is 10.2 Å². The van der Waals surface area contributed by atoms with Gasteiger partial charge in [0, 0.05) is 0 Å². The molecule has 2 rings (SSSR count). The molecule has 0 fully saturated rings. The molecule has 0 amide bonds. The molecule has 5 heteroatoms. The Balaban J connectivity index is 2.31. The maximum Gasteiger partial charge on any atom is 0.148 e. The van der Waals surface area contributed by atoms with Gasteiger partial charge in [0.15, 0.2) is 0 Å². The first-order chi connectivity index (χ1) is 7.22. The van der Waals surface area contributed by atoms with E-state index in [0.717, 1.165) is 17.3 Å². The van der Waals surface area contributed by atoms with Gasteiger partial charge in [0.05, 0.1) is 11.9 Å². The van der Waals surface area contributed by atoms with Crippen molar-refractivity contribution in [3.8, 4) is 0 Å². The van der Waals surface area contributed by atoms with E-state index in [9.17, 15) is 0 Å². The first-order valence-electron chi connectivity index (χ1n) is 4.73. The van der Waals surface area contributed by atoms with Crippen LogP contribution in [0.1, 0.15) is 30.3 Å². The van der Waals surface area contributed by atoms with E-state index < -0.39 is 0 Å². The largest absolute Gasteiger partial charge is 0.464 e.